The Morgan fingerprint density at radius 1 is 1.18 bits per heavy atom. The summed E-state index contributed by atoms with van der Waals surface area (Å²) in [5.74, 6) is 0.593. The van der Waals surface area contributed by atoms with Crippen LogP contribution in [0.2, 0.25) is 0 Å². The zero-order chi connectivity index (χ0) is 19.4. The maximum Gasteiger partial charge on any atom is 0.165 e. The second-order valence-electron chi connectivity index (χ2n) is 7.43. The Labute approximate surface area is 161 Å². The Hall–Kier alpha value is -3.26. The van der Waals surface area contributed by atoms with E-state index in [-0.39, 0.29) is 11.8 Å². The number of benzene rings is 1. The van der Waals surface area contributed by atoms with Crippen LogP contribution in [0.5, 0.6) is 5.75 Å². The van der Waals surface area contributed by atoms with Gasteiger partial charge in [0.25, 0.3) is 0 Å². The number of anilines is 1. The lowest BCUT2D eigenvalue weighted by molar-refractivity contribution is 0.473. The summed E-state index contributed by atoms with van der Waals surface area (Å²) in [6.07, 6.45) is 6.49. The number of phenolic OH excluding ortho intramolecular Hbond substituents is 1. The van der Waals surface area contributed by atoms with E-state index in [4.69, 9.17) is 5.73 Å². The van der Waals surface area contributed by atoms with Gasteiger partial charge in [0.2, 0.25) is 0 Å². The van der Waals surface area contributed by atoms with Gasteiger partial charge in [-0.15, -0.1) is 0 Å². The summed E-state index contributed by atoms with van der Waals surface area (Å²) in [7, 11) is 1.86. The monoisotopic (exact) mass is 375 g/mol. The first-order chi connectivity index (χ1) is 13.5. The highest BCUT2D eigenvalue weighted by Gasteiger charge is 2.20. The van der Waals surface area contributed by atoms with Crippen LogP contribution in [0, 0.1) is 6.92 Å². The number of nitrogens with zero attached hydrogens (tertiary/aromatic N) is 6. The number of fused-ring (bicyclic) bond motifs is 2. The number of pyridine rings is 1. The van der Waals surface area contributed by atoms with E-state index in [1.165, 1.54) is 0 Å². The standard InChI is InChI=1S/C20H21N7O/c1-11-17-13(9-26(2)25-17)6-16(18(11)28)20-22-7-12-5-15(8-23-19(12)24-20)27-4-3-14(21)10-27/h5-9,14,28H,3-4,10,21H2,1-2H3/t14-/m1/s1. The Kier molecular flexibility index (Phi) is 3.70. The third-order valence-electron chi connectivity index (χ3n) is 5.37. The number of aromatic nitrogens is 5. The first kappa shape index (κ1) is 16.9. The predicted octanol–water partition coefficient (Wildman–Crippen LogP) is 2.13. The molecule has 0 radical (unpaired) electrons. The fraction of sp³-hybridized carbons (Fsp3) is 0.300. The smallest absolute Gasteiger partial charge is 0.165 e. The summed E-state index contributed by atoms with van der Waals surface area (Å²) >= 11 is 0. The third-order valence-corrected chi connectivity index (χ3v) is 5.37. The van der Waals surface area contributed by atoms with Crippen LogP contribution in [0.25, 0.3) is 33.3 Å². The van der Waals surface area contributed by atoms with Gasteiger partial charge in [-0.1, -0.05) is 0 Å². The van der Waals surface area contributed by atoms with E-state index in [0.717, 1.165) is 41.5 Å². The maximum absolute atomic E-state index is 10.7. The van der Waals surface area contributed by atoms with E-state index in [1.54, 1.807) is 10.9 Å². The quantitative estimate of drug-likeness (QED) is 0.553. The molecule has 8 nitrogen and oxygen atoms in total. The Morgan fingerprint density at radius 2 is 2.04 bits per heavy atom. The number of aryl methyl sites for hydroxylation is 2. The zero-order valence-electron chi connectivity index (χ0n) is 15.8. The number of rotatable bonds is 2. The SMILES string of the molecule is Cc1c(O)c(-c2ncc3cc(N4CC[C@@H](N)C4)cnc3n2)cc2cn(C)nc12. The van der Waals surface area contributed by atoms with Crippen molar-refractivity contribution in [2.45, 2.75) is 19.4 Å². The minimum Gasteiger partial charge on any atom is -0.507 e. The van der Waals surface area contributed by atoms with E-state index >= 15 is 0 Å². The highest BCUT2D eigenvalue weighted by Crippen LogP contribution is 2.35. The fourth-order valence-electron chi connectivity index (χ4n) is 3.85. The maximum atomic E-state index is 10.7. The van der Waals surface area contributed by atoms with Gasteiger partial charge in [-0.3, -0.25) is 4.68 Å². The second kappa shape index (κ2) is 6.13. The van der Waals surface area contributed by atoms with E-state index < -0.39 is 0 Å². The van der Waals surface area contributed by atoms with E-state index in [1.807, 2.05) is 38.5 Å². The van der Waals surface area contributed by atoms with Gasteiger partial charge < -0.3 is 15.7 Å². The molecular weight excluding hydrogens is 354 g/mol. The molecule has 1 aliphatic rings. The molecule has 0 saturated carbocycles. The van der Waals surface area contributed by atoms with Crippen LogP contribution in [-0.2, 0) is 7.05 Å². The van der Waals surface area contributed by atoms with Crippen molar-refractivity contribution in [2.24, 2.45) is 12.8 Å². The minimum atomic E-state index is 0.147. The van der Waals surface area contributed by atoms with Crippen molar-refractivity contribution in [3.05, 3.63) is 36.3 Å². The van der Waals surface area contributed by atoms with Gasteiger partial charge in [-0.25, -0.2) is 15.0 Å². The van der Waals surface area contributed by atoms with Crippen molar-refractivity contribution in [3.63, 3.8) is 0 Å². The lowest BCUT2D eigenvalue weighted by atomic mass is 10.1. The lowest BCUT2D eigenvalue weighted by Crippen LogP contribution is -2.26. The van der Waals surface area contributed by atoms with Gasteiger partial charge in [-0.05, 0) is 25.5 Å². The first-order valence-electron chi connectivity index (χ1n) is 9.29. The molecule has 1 aliphatic heterocycles. The molecule has 4 heterocycles. The number of hydrogen-bond donors (Lipinski definition) is 2. The molecule has 5 rings (SSSR count). The van der Waals surface area contributed by atoms with Crippen LogP contribution in [0.15, 0.2) is 30.7 Å². The summed E-state index contributed by atoms with van der Waals surface area (Å²) in [4.78, 5) is 15.8. The van der Waals surface area contributed by atoms with Crippen molar-refractivity contribution in [1.29, 1.82) is 0 Å². The largest absolute Gasteiger partial charge is 0.507 e. The highest BCUT2D eigenvalue weighted by atomic mass is 16.3. The molecule has 3 aromatic heterocycles. The predicted molar refractivity (Wildman–Crippen MR) is 108 cm³/mol. The van der Waals surface area contributed by atoms with Crippen molar-refractivity contribution in [2.75, 3.05) is 18.0 Å². The molecule has 1 aromatic carbocycles. The molecule has 3 N–H and O–H groups in total. The molecular formula is C20H21N7O. The molecule has 1 atom stereocenters. The molecule has 0 bridgehead atoms. The van der Waals surface area contributed by atoms with E-state index in [2.05, 4.69) is 25.0 Å². The van der Waals surface area contributed by atoms with Crippen molar-refractivity contribution in [1.82, 2.24) is 24.7 Å². The molecule has 1 saturated heterocycles. The summed E-state index contributed by atoms with van der Waals surface area (Å²) in [5.41, 5.74) is 9.71. The fourth-order valence-corrected chi connectivity index (χ4v) is 3.85. The molecule has 142 valence electrons. The summed E-state index contributed by atoms with van der Waals surface area (Å²) < 4.78 is 1.73. The Bertz CT molecular complexity index is 1220. The summed E-state index contributed by atoms with van der Waals surface area (Å²) in [5, 5.41) is 16.9. The van der Waals surface area contributed by atoms with Crippen LogP contribution in [-0.4, -0.2) is 49.0 Å². The van der Waals surface area contributed by atoms with Gasteiger partial charge in [0, 0.05) is 54.9 Å². The molecule has 0 spiro atoms. The van der Waals surface area contributed by atoms with Gasteiger partial charge in [0.05, 0.1) is 23.0 Å². The van der Waals surface area contributed by atoms with Crippen molar-refractivity contribution in [3.8, 4) is 17.1 Å². The zero-order valence-corrected chi connectivity index (χ0v) is 15.8. The van der Waals surface area contributed by atoms with Crippen molar-refractivity contribution < 1.29 is 5.11 Å². The molecule has 4 aromatic rings. The number of nitrogens with two attached hydrogens (primary N) is 1. The van der Waals surface area contributed by atoms with Crippen LogP contribution in [0.3, 0.4) is 0 Å². The molecule has 0 aliphatic carbocycles. The average Bonchev–Trinajstić information content (AvgIpc) is 3.29. The lowest BCUT2D eigenvalue weighted by Gasteiger charge is -2.17. The number of phenols is 1. The first-order valence-corrected chi connectivity index (χ1v) is 9.29. The molecule has 8 heteroatoms. The van der Waals surface area contributed by atoms with E-state index in [9.17, 15) is 5.11 Å². The normalized spacial score (nSPS) is 17.1. The van der Waals surface area contributed by atoms with E-state index in [0.29, 0.717) is 22.6 Å². The van der Waals surface area contributed by atoms with Gasteiger partial charge >= 0.3 is 0 Å². The Balaban J connectivity index is 1.58. The second-order valence-corrected chi connectivity index (χ2v) is 7.43. The Morgan fingerprint density at radius 3 is 2.82 bits per heavy atom. The highest BCUT2D eigenvalue weighted by molar-refractivity contribution is 5.90. The van der Waals surface area contributed by atoms with Crippen LogP contribution < -0.4 is 10.6 Å². The van der Waals surface area contributed by atoms with Crippen LogP contribution in [0.4, 0.5) is 5.69 Å². The summed E-state index contributed by atoms with van der Waals surface area (Å²) in [6.45, 7) is 3.62. The number of aromatic hydroxyl groups is 1. The molecule has 0 amide bonds. The van der Waals surface area contributed by atoms with Gasteiger partial charge in [-0.2, -0.15) is 5.10 Å². The average molecular weight is 375 g/mol. The third kappa shape index (κ3) is 2.65. The van der Waals surface area contributed by atoms with Gasteiger partial charge in [0.1, 0.15) is 5.75 Å². The van der Waals surface area contributed by atoms with Crippen LogP contribution >= 0.6 is 0 Å². The topological polar surface area (TPSA) is 106 Å². The minimum absolute atomic E-state index is 0.147. The molecule has 1 fully saturated rings. The molecule has 28 heavy (non-hydrogen) atoms. The molecule has 0 unspecified atom stereocenters. The van der Waals surface area contributed by atoms with Crippen molar-refractivity contribution >= 4 is 27.6 Å². The summed E-state index contributed by atoms with van der Waals surface area (Å²) in [6, 6.07) is 4.12. The van der Waals surface area contributed by atoms with Crippen LogP contribution in [0.1, 0.15) is 12.0 Å². The number of hydrogen-bond acceptors (Lipinski definition) is 7. The van der Waals surface area contributed by atoms with Gasteiger partial charge in [0.15, 0.2) is 11.5 Å².